The summed E-state index contributed by atoms with van der Waals surface area (Å²) in [5.74, 6) is 0. The largest absolute Gasteiger partial charge is 0.342 e. The van der Waals surface area contributed by atoms with Gasteiger partial charge in [0, 0.05) is 0 Å². The van der Waals surface area contributed by atoms with E-state index >= 15 is 0 Å². The third kappa shape index (κ3) is 5.44. The Hall–Kier alpha value is -0.630. The Labute approximate surface area is 148 Å². The fraction of sp³-hybridized carbons (Fsp3) is 0.700. The van der Waals surface area contributed by atoms with Crippen LogP contribution in [0, 0.1) is 5.41 Å². The lowest BCUT2D eigenvalue weighted by molar-refractivity contribution is 0.139. The summed E-state index contributed by atoms with van der Waals surface area (Å²) >= 11 is 0. The van der Waals surface area contributed by atoms with Crippen LogP contribution in [0.3, 0.4) is 0 Å². The lowest BCUT2D eigenvalue weighted by atomic mass is 9.71. The van der Waals surface area contributed by atoms with E-state index < -0.39 is 7.60 Å². The van der Waals surface area contributed by atoms with Crippen LogP contribution >= 0.6 is 7.60 Å². The molecule has 0 bridgehead atoms. The van der Waals surface area contributed by atoms with Crippen molar-refractivity contribution in [1.29, 1.82) is 0 Å². The highest BCUT2D eigenvalue weighted by molar-refractivity contribution is 7.55. The number of allylic oxidation sites excluding steroid dienone is 5. The van der Waals surface area contributed by atoms with E-state index in [4.69, 9.17) is 9.05 Å². The summed E-state index contributed by atoms with van der Waals surface area (Å²) in [5.41, 5.74) is 2.13. The quantitative estimate of drug-likeness (QED) is 0.277. The van der Waals surface area contributed by atoms with E-state index in [0.29, 0.717) is 0 Å². The molecule has 0 aliphatic heterocycles. The molecule has 0 fully saturated rings. The van der Waals surface area contributed by atoms with Crippen molar-refractivity contribution in [2.45, 2.75) is 85.6 Å². The van der Waals surface area contributed by atoms with Gasteiger partial charge in [-0.2, -0.15) is 0 Å². The van der Waals surface area contributed by atoms with Crippen LogP contribution in [-0.2, 0) is 13.6 Å². The standard InChI is InChI=1S/C20H35O3P/c1-9-10-13-18(19-17(6)12-11-14-20(19,7)8)24(21,22-15(2)3)23-16(4)5/h9-10,13,15-16,18H,1,11-12,14H2,2-8H3/b13-10+. The van der Waals surface area contributed by atoms with Crippen molar-refractivity contribution >= 4 is 7.60 Å². The average Bonchev–Trinajstić information content (AvgIpc) is 2.39. The molecule has 0 aromatic rings. The second kappa shape index (κ2) is 8.65. The van der Waals surface area contributed by atoms with E-state index in [0.717, 1.165) is 12.8 Å². The molecule has 4 heteroatoms. The molecule has 24 heavy (non-hydrogen) atoms. The minimum atomic E-state index is -3.35. The molecule has 0 aromatic carbocycles. The maximum absolute atomic E-state index is 13.8. The molecule has 0 spiro atoms. The van der Waals surface area contributed by atoms with Crippen molar-refractivity contribution in [1.82, 2.24) is 0 Å². The molecule has 3 nitrogen and oxygen atoms in total. The molecule has 1 rings (SSSR count). The molecule has 138 valence electrons. The van der Waals surface area contributed by atoms with E-state index in [-0.39, 0.29) is 23.3 Å². The highest BCUT2D eigenvalue weighted by atomic mass is 31.2. The van der Waals surface area contributed by atoms with Gasteiger partial charge in [0.15, 0.2) is 0 Å². The Balaban J connectivity index is 3.49. The van der Waals surface area contributed by atoms with Crippen LogP contribution in [0.25, 0.3) is 0 Å². The highest BCUT2D eigenvalue weighted by Gasteiger charge is 2.44. The molecule has 1 atom stereocenters. The van der Waals surface area contributed by atoms with Crippen LogP contribution < -0.4 is 0 Å². The van der Waals surface area contributed by atoms with Crippen LogP contribution in [0.1, 0.15) is 67.7 Å². The van der Waals surface area contributed by atoms with Crippen molar-refractivity contribution < 1.29 is 13.6 Å². The fourth-order valence-electron chi connectivity index (χ4n) is 3.58. The zero-order valence-electron chi connectivity index (χ0n) is 16.5. The van der Waals surface area contributed by atoms with Crippen molar-refractivity contribution in [2.24, 2.45) is 5.41 Å². The van der Waals surface area contributed by atoms with Crippen LogP contribution in [-0.4, -0.2) is 17.9 Å². The molecule has 0 N–H and O–H groups in total. The molecule has 1 unspecified atom stereocenters. The monoisotopic (exact) mass is 354 g/mol. The first-order valence-electron chi connectivity index (χ1n) is 8.99. The summed E-state index contributed by atoms with van der Waals surface area (Å²) < 4.78 is 25.6. The van der Waals surface area contributed by atoms with Gasteiger partial charge >= 0.3 is 7.60 Å². The predicted octanol–water partition coefficient (Wildman–Crippen LogP) is 6.67. The Kier molecular flexibility index (Phi) is 7.72. The van der Waals surface area contributed by atoms with Gasteiger partial charge in [-0.15, -0.1) is 0 Å². The first kappa shape index (κ1) is 21.4. The van der Waals surface area contributed by atoms with Crippen LogP contribution in [0.2, 0.25) is 0 Å². The summed E-state index contributed by atoms with van der Waals surface area (Å²) in [4.78, 5) is 0. The van der Waals surface area contributed by atoms with Crippen molar-refractivity contribution in [3.63, 3.8) is 0 Å². The molecule has 0 amide bonds. The zero-order chi connectivity index (χ0) is 18.5. The lowest BCUT2D eigenvalue weighted by Gasteiger charge is -2.40. The fourth-order valence-corrected chi connectivity index (χ4v) is 6.27. The smallest absolute Gasteiger partial charge is 0.305 e. The SMILES string of the molecule is C=C/C=C/C(C1=C(C)CCCC1(C)C)P(=O)(OC(C)C)OC(C)C. The summed E-state index contributed by atoms with van der Waals surface area (Å²) in [6.07, 6.45) is 8.49. The minimum absolute atomic E-state index is 0.0190. The summed E-state index contributed by atoms with van der Waals surface area (Å²) in [7, 11) is -3.35. The number of rotatable bonds is 8. The van der Waals surface area contributed by atoms with Gasteiger partial charge in [0.05, 0.1) is 12.2 Å². The second-order valence-corrected chi connectivity index (χ2v) is 9.90. The maximum Gasteiger partial charge on any atom is 0.342 e. The molecule has 1 aliphatic carbocycles. The topological polar surface area (TPSA) is 35.5 Å². The summed E-state index contributed by atoms with van der Waals surface area (Å²) in [6, 6.07) is 0. The Morgan fingerprint density at radius 1 is 1.17 bits per heavy atom. The third-order valence-electron chi connectivity index (χ3n) is 4.32. The molecule has 0 saturated carbocycles. The van der Waals surface area contributed by atoms with Crippen LogP contribution in [0.15, 0.2) is 36.0 Å². The molecule has 1 aliphatic rings. The van der Waals surface area contributed by atoms with Gasteiger partial charge in [0.2, 0.25) is 0 Å². The van der Waals surface area contributed by atoms with E-state index in [2.05, 4.69) is 27.4 Å². The van der Waals surface area contributed by atoms with Gasteiger partial charge in [0.25, 0.3) is 0 Å². The van der Waals surface area contributed by atoms with Crippen molar-refractivity contribution in [3.8, 4) is 0 Å². The molecule has 0 aromatic heterocycles. The van der Waals surface area contributed by atoms with Gasteiger partial charge in [-0.25, -0.2) is 0 Å². The highest BCUT2D eigenvalue weighted by Crippen LogP contribution is 2.62. The third-order valence-corrected chi connectivity index (χ3v) is 6.87. The van der Waals surface area contributed by atoms with Crippen LogP contribution in [0.5, 0.6) is 0 Å². The van der Waals surface area contributed by atoms with Crippen LogP contribution in [0.4, 0.5) is 0 Å². The summed E-state index contributed by atoms with van der Waals surface area (Å²) in [5, 5.41) is 0. The van der Waals surface area contributed by atoms with Crippen molar-refractivity contribution in [2.75, 3.05) is 0 Å². The molecular weight excluding hydrogens is 319 g/mol. The van der Waals surface area contributed by atoms with Gasteiger partial charge in [-0.1, -0.05) is 44.2 Å². The lowest BCUT2D eigenvalue weighted by Crippen LogP contribution is -2.30. The first-order chi connectivity index (χ1) is 11.0. The van der Waals surface area contributed by atoms with E-state index in [1.54, 1.807) is 6.08 Å². The molecule has 0 saturated heterocycles. The Morgan fingerprint density at radius 3 is 2.12 bits per heavy atom. The Morgan fingerprint density at radius 2 is 1.71 bits per heavy atom. The first-order valence-corrected chi connectivity index (χ1v) is 10.6. The zero-order valence-corrected chi connectivity index (χ0v) is 17.4. The van der Waals surface area contributed by atoms with E-state index in [1.165, 1.54) is 17.6 Å². The Bertz CT molecular complexity index is 527. The number of hydrogen-bond acceptors (Lipinski definition) is 3. The van der Waals surface area contributed by atoms with E-state index in [9.17, 15) is 4.57 Å². The number of hydrogen-bond donors (Lipinski definition) is 0. The normalized spacial score (nSPS) is 20.2. The van der Waals surface area contributed by atoms with Gasteiger partial charge < -0.3 is 9.05 Å². The van der Waals surface area contributed by atoms with Gasteiger partial charge in [-0.05, 0) is 64.9 Å². The van der Waals surface area contributed by atoms with Gasteiger partial charge in [0.1, 0.15) is 5.66 Å². The molecule has 0 heterocycles. The van der Waals surface area contributed by atoms with Gasteiger partial charge in [-0.3, -0.25) is 4.57 Å². The average molecular weight is 354 g/mol. The second-order valence-electron chi connectivity index (χ2n) is 7.85. The summed E-state index contributed by atoms with van der Waals surface area (Å²) in [6.45, 7) is 18.0. The minimum Gasteiger partial charge on any atom is -0.305 e. The van der Waals surface area contributed by atoms with Crippen molar-refractivity contribution in [3.05, 3.63) is 36.0 Å². The maximum atomic E-state index is 13.8. The van der Waals surface area contributed by atoms with E-state index in [1.807, 2.05) is 39.8 Å². The molecular formula is C20H35O3P. The molecule has 0 radical (unpaired) electrons. The predicted molar refractivity (Wildman–Crippen MR) is 104 cm³/mol.